The van der Waals surface area contributed by atoms with E-state index in [1.165, 1.54) is 32.2 Å². The number of carboxylic acid groups (broad SMARTS) is 1. The van der Waals surface area contributed by atoms with E-state index in [0.29, 0.717) is 5.56 Å². The van der Waals surface area contributed by atoms with Crippen molar-refractivity contribution in [2.45, 2.75) is 6.92 Å². The highest BCUT2D eigenvalue weighted by Gasteiger charge is 2.08. The summed E-state index contributed by atoms with van der Waals surface area (Å²) in [5.74, 6) is -0.964. The van der Waals surface area contributed by atoms with Gasteiger partial charge in [-0.15, -0.1) is 0 Å². The standard InChI is InChI=1S/C11H11ClO4/c1-6(11(14)15)3-7-4-8(12)10(13)9(5-7)16-2/h3-5,13H,1-2H3,(H,14,15)/b6-3+. The van der Waals surface area contributed by atoms with Crippen molar-refractivity contribution in [2.24, 2.45) is 0 Å². The van der Waals surface area contributed by atoms with Gasteiger partial charge in [0.1, 0.15) is 0 Å². The summed E-state index contributed by atoms with van der Waals surface area (Å²) in [5, 5.41) is 18.3. The van der Waals surface area contributed by atoms with Gasteiger partial charge in [-0.25, -0.2) is 4.79 Å². The van der Waals surface area contributed by atoms with Crippen LogP contribution in [0.25, 0.3) is 6.08 Å². The molecule has 0 saturated heterocycles. The number of hydrogen-bond acceptors (Lipinski definition) is 3. The minimum Gasteiger partial charge on any atom is -0.503 e. The van der Waals surface area contributed by atoms with Crippen LogP contribution in [-0.2, 0) is 4.79 Å². The van der Waals surface area contributed by atoms with Crippen LogP contribution < -0.4 is 4.74 Å². The van der Waals surface area contributed by atoms with Crippen LogP contribution in [0.4, 0.5) is 0 Å². The molecule has 0 atom stereocenters. The Morgan fingerprint density at radius 1 is 1.50 bits per heavy atom. The van der Waals surface area contributed by atoms with Gasteiger partial charge in [-0.05, 0) is 30.7 Å². The average Bonchev–Trinajstić information content (AvgIpc) is 2.22. The average molecular weight is 243 g/mol. The summed E-state index contributed by atoms with van der Waals surface area (Å²) in [6.45, 7) is 1.47. The van der Waals surface area contributed by atoms with Gasteiger partial charge in [-0.2, -0.15) is 0 Å². The van der Waals surface area contributed by atoms with Crippen LogP contribution in [0.3, 0.4) is 0 Å². The largest absolute Gasteiger partial charge is 0.503 e. The molecule has 1 aromatic rings. The molecule has 0 aliphatic rings. The number of phenols is 1. The Balaban J connectivity index is 3.22. The molecule has 0 amide bonds. The fraction of sp³-hybridized carbons (Fsp3) is 0.182. The summed E-state index contributed by atoms with van der Waals surface area (Å²) in [6.07, 6.45) is 1.44. The van der Waals surface area contributed by atoms with E-state index in [9.17, 15) is 9.90 Å². The Morgan fingerprint density at radius 3 is 2.62 bits per heavy atom. The van der Waals surface area contributed by atoms with Crippen LogP contribution in [-0.4, -0.2) is 23.3 Å². The monoisotopic (exact) mass is 242 g/mol. The second-order valence-corrected chi connectivity index (χ2v) is 3.59. The van der Waals surface area contributed by atoms with Crippen molar-refractivity contribution in [1.29, 1.82) is 0 Å². The Labute approximate surface area is 97.7 Å². The van der Waals surface area contributed by atoms with Crippen LogP contribution in [0, 0.1) is 0 Å². The summed E-state index contributed by atoms with van der Waals surface area (Å²) in [5.41, 5.74) is 0.725. The van der Waals surface area contributed by atoms with Crippen molar-refractivity contribution in [3.63, 3.8) is 0 Å². The number of rotatable bonds is 3. The van der Waals surface area contributed by atoms with E-state index < -0.39 is 5.97 Å². The van der Waals surface area contributed by atoms with Gasteiger partial charge >= 0.3 is 5.97 Å². The first-order chi connectivity index (χ1) is 7.45. The number of ether oxygens (including phenoxy) is 1. The fourth-order valence-electron chi connectivity index (χ4n) is 1.14. The lowest BCUT2D eigenvalue weighted by Crippen LogP contribution is -1.95. The molecule has 0 saturated carbocycles. The predicted octanol–water partition coefficient (Wildman–Crippen LogP) is 2.54. The lowest BCUT2D eigenvalue weighted by atomic mass is 10.1. The maximum absolute atomic E-state index is 10.6. The van der Waals surface area contributed by atoms with Crippen molar-refractivity contribution in [3.05, 3.63) is 28.3 Å². The minimum atomic E-state index is -1.01. The molecule has 5 heteroatoms. The zero-order valence-corrected chi connectivity index (χ0v) is 9.58. The highest BCUT2D eigenvalue weighted by Crippen LogP contribution is 2.35. The highest BCUT2D eigenvalue weighted by molar-refractivity contribution is 6.32. The molecule has 0 aromatic heterocycles. The van der Waals surface area contributed by atoms with Crippen LogP contribution >= 0.6 is 11.6 Å². The molecular formula is C11H11ClO4. The summed E-state index contributed by atoms with van der Waals surface area (Å²) < 4.78 is 4.90. The van der Waals surface area contributed by atoms with E-state index in [1.807, 2.05) is 0 Å². The van der Waals surface area contributed by atoms with E-state index in [0.717, 1.165) is 0 Å². The van der Waals surface area contributed by atoms with Gasteiger partial charge in [-0.1, -0.05) is 11.6 Å². The summed E-state index contributed by atoms with van der Waals surface area (Å²) >= 11 is 5.75. The van der Waals surface area contributed by atoms with E-state index in [4.69, 9.17) is 21.4 Å². The van der Waals surface area contributed by atoms with Gasteiger partial charge in [0.15, 0.2) is 11.5 Å². The van der Waals surface area contributed by atoms with Crippen molar-refractivity contribution in [1.82, 2.24) is 0 Å². The molecular weight excluding hydrogens is 232 g/mol. The second-order valence-electron chi connectivity index (χ2n) is 3.19. The number of aromatic hydroxyl groups is 1. The molecule has 16 heavy (non-hydrogen) atoms. The topological polar surface area (TPSA) is 66.8 Å². The molecule has 0 spiro atoms. The molecule has 0 fully saturated rings. The van der Waals surface area contributed by atoms with Crippen LogP contribution in [0.1, 0.15) is 12.5 Å². The SMILES string of the molecule is COc1cc(/C=C(\C)C(=O)O)cc(Cl)c1O. The number of aliphatic carboxylic acids is 1. The Kier molecular flexibility index (Phi) is 3.79. The van der Waals surface area contributed by atoms with Crippen LogP contribution in [0.5, 0.6) is 11.5 Å². The zero-order valence-electron chi connectivity index (χ0n) is 8.82. The molecule has 4 nitrogen and oxygen atoms in total. The Morgan fingerprint density at radius 2 is 2.12 bits per heavy atom. The van der Waals surface area contributed by atoms with Gasteiger partial charge in [-0.3, -0.25) is 0 Å². The summed E-state index contributed by atoms with van der Waals surface area (Å²) in [4.78, 5) is 10.6. The first-order valence-electron chi connectivity index (χ1n) is 4.43. The first kappa shape index (κ1) is 12.4. The summed E-state index contributed by atoms with van der Waals surface area (Å²) in [6, 6.07) is 2.97. The predicted molar refractivity (Wildman–Crippen MR) is 61.0 cm³/mol. The Hall–Kier alpha value is -1.68. The van der Waals surface area contributed by atoms with Crippen molar-refractivity contribution < 1.29 is 19.7 Å². The zero-order chi connectivity index (χ0) is 12.3. The number of carbonyl (C=O) groups is 1. The van der Waals surface area contributed by atoms with Gasteiger partial charge in [0.05, 0.1) is 12.1 Å². The maximum Gasteiger partial charge on any atom is 0.331 e. The number of hydrogen-bond donors (Lipinski definition) is 2. The molecule has 2 N–H and O–H groups in total. The van der Waals surface area contributed by atoms with E-state index in [2.05, 4.69) is 0 Å². The van der Waals surface area contributed by atoms with Gasteiger partial charge in [0.25, 0.3) is 0 Å². The van der Waals surface area contributed by atoms with E-state index in [1.54, 1.807) is 0 Å². The summed E-state index contributed by atoms with van der Waals surface area (Å²) in [7, 11) is 1.39. The van der Waals surface area contributed by atoms with Gasteiger partial charge < -0.3 is 14.9 Å². The number of carboxylic acids is 1. The molecule has 0 unspecified atom stereocenters. The molecule has 1 rings (SSSR count). The van der Waals surface area contributed by atoms with Crippen LogP contribution in [0.2, 0.25) is 5.02 Å². The lowest BCUT2D eigenvalue weighted by molar-refractivity contribution is -0.132. The third-order valence-electron chi connectivity index (χ3n) is 1.99. The highest BCUT2D eigenvalue weighted by atomic mass is 35.5. The number of benzene rings is 1. The molecule has 1 aromatic carbocycles. The Bertz CT molecular complexity index is 452. The van der Waals surface area contributed by atoms with Gasteiger partial charge in [0.2, 0.25) is 0 Å². The second kappa shape index (κ2) is 4.90. The molecule has 86 valence electrons. The third-order valence-corrected chi connectivity index (χ3v) is 2.28. The number of methoxy groups -OCH3 is 1. The minimum absolute atomic E-state index is 0.115. The molecule has 0 aliphatic carbocycles. The van der Waals surface area contributed by atoms with Crippen molar-refractivity contribution in [3.8, 4) is 11.5 Å². The first-order valence-corrected chi connectivity index (χ1v) is 4.81. The third kappa shape index (κ3) is 2.67. The number of phenolic OH excluding ortho intramolecular Hbond substituents is 1. The van der Waals surface area contributed by atoms with Crippen LogP contribution in [0.15, 0.2) is 17.7 Å². The molecule has 0 bridgehead atoms. The number of halogens is 1. The molecule has 0 heterocycles. The van der Waals surface area contributed by atoms with E-state index >= 15 is 0 Å². The quantitative estimate of drug-likeness (QED) is 0.800. The smallest absolute Gasteiger partial charge is 0.331 e. The van der Waals surface area contributed by atoms with Crippen molar-refractivity contribution in [2.75, 3.05) is 7.11 Å². The molecule has 0 radical (unpaired) electrons. The normalized spacial score (nSPS) is 11.3. The fourth-order valence-corrected chi connectivity index (χ4v) is 1.36. The maximum atomic E-state index is 10.6. The van der Waals surface area contributed by atoms with E-state index in [-0.39, 0.29) is 22.1 Å². The lowest BCUT2D eigenvalue weighted by Gasteiger charge is -2.06. The van der Waals surface area contributed by atoms with Gasteiger partial charge in [0, 0.05) is 5.57 Å². The molecule has 0 aliphatic heterocycles. The van der Waals surface area contributed by atoms with Crippen molar-refractivity contribution >= 4 is 23.6 Å².